The van der Waals surface area contributed by atoms with E-state index in [1.165, 1.54) is 0 Å². The summed E-state index contributed by atoms with van der Waals surface area (Å²) in [6.45, 7) is 4.74. The Kier molecular flexibility index (Phi) is 7.94. The number of benzene rings is 1. The van der Waals surface area contributed by atoms with Crippen LogP contribution in [0.2, 0.25) is 0 Å². The van der Waals surface area contributed by atoms with Crippen molar-refractivity contribution < 1.29 is 14.3 Å². The van der Waals surface area contributed by atoms with Gasteiger partial charge >= 0.3 is 0 Å². The molecule has 0 aromatic heterocycles. The fourth-order valence-corrected chi connectivity index (χ4v) is 1.73. The largest absolute Gasteiger partial charge is 0.494 e. The molecule has 2 amide bonds. The molecular weight excluding hydrogens is 268 g/mol. The van der Waals surface area contributed by atoms with E-state index >= 15 is 0 Å². The summed E-state index contributed by atoms with van der Waals surface area (Å²) in [5, 5.41) is 0. The zero-order valence-corrected chi connectivity index (χ0v) is 12.8. The number of unbranched alkanes of at least 4 members (excludes halogenated alkanes) is 2. The van der Waals surface area contributed by atoms with Crippen LogP contribution in [0.3, 0.4) is 0 Å². The van der Waals surface area contributed by atoms with E-state index in [-0.39, 0.29) is 11.8 Å². The molecule has 0 spiro atoms. The molecule has 0 saturated heterocycles. The van der Waals surface area contributed by atoms with Crippen LogP contribution in [0, 0.1) is 0 Å². The number of carbonyl (C=O) groups excluding carboxylic acids is 2. The second kappa shape index (κ2) is 9.80. The average molecular weight is 292 g/mol. The lowest BCUT2D eigenvalue weighted by atomic mass is 10.2. The van der Waals surface area contributed by atoms with Gasteiger partial charge in [-0.3, -0.25) is 20.4 Å². The number of amides is 2. The van der Waals surface area contributed by atoms with Gasteiger partial charge in [0.05, 0.1) is 6.61 Å². The van der Waals surface area contributed by atoms with E-state index < -0.39 is 0 Å². The lowest BCUT2D eigenvalue weighted by molar-refractivity contribution is -0.121. The fourth-order valence-electron chi connectivity index (χ4n) is 1.73. The van der Waals surface area contributed by atoms with E-state index in [0.717, 1.165) is 31.4 Å². The number of ether oxygens (including phenoxy) is 1. The third-order valence-electron chi connectivity index (χ3n) is 2.93. The van der Waals surface area contributed by atoms with Gasteiger partial charge in [-0.25, -0.2) is 0 Å². The molecule has 116 valence electrons. The predicted octanol–water partition coefficient (Wildman–Crippen LogP) is 2.82. The summed E-state index contributed by atoms with van der Waals surface area (Å²) >= 11 is 0. The minimum absolute atomic E-state index is 0.193. The quantitative estimate of drug-likeness (QED) is 0.572. The Bertz CT molecular complexity index is 443. The Hall–Kier alpha value is -2.04. The minimum atomic E-state index is -0.336. The van der Waals surface area contributed by atoms with Crippen molar-refractivity contribution in [1.82, 2.24) is 10.9 Å². The maximum atomic E-state index is 11.8. The van der Waals surface area contributed by atoms with Crippen LogP contribution in [0.5, 0.6) is 5.75 Å². The summed E-state index contributed by atoms with van der Waals surface area (Å²) in [6, 6.07) is 6.87. The molecule has 0 aliphatic heterocycles. The van der Waals surface area contributed by atoms with Gasteiger partial charge in [-0.2, -0.15) is 0 Å². The van der Waals surface area contributed by atoms with Gasteiger partial charge in [-0.05, 0) is 37.1 Å². The standard InChI is InChI=1S/C16H24N2O3/c1-3-5-6-12-21-14-10-8-13(9-11-14)16(20)18-17-15(19)7-4-2/h8-11H,3-7,12H2,1-2H3,(H,17,19)(H,18,20). The van der Waals surface area contributed by atoms with Gasteiger partial charge in [0.15, 0.2) is 0 Å². The molecular formula is C16H24N2O3. The molecule has 1 rings (SSSR count). The van der Waals surface area contributed by atoms with E-state index in [1.807, 2.05) is 6.92 Å². The first-order valence-corrected chi connectivity index (χ1v) is 7.49. The van der Waals surface area contributed by atoms with Crippen molar-refractivity contribution in [2.75, 3.05) is 6.61 Å². The van der Waals surface area contributed by atoms with Crippen LogP contribution in [0.15, 0.2) is 24.3 Å². The zero-order chi connectivity index (χ0) is 15.5. The van der Waals surface area contributed by atoms with Crippen molar-refractivity contribution in [3.63, 3.8) is 0 Å². The van der Waals surface area contributed by atoms with E-state index in [0.29, 0.717) is 18.6 Å². The monoisotopic (exact) mass is 292 g/mol. The van der Waals surface area contributed by atoms with Crippen LogP contribution in [-0.2, 0) is 4.79 Å². The summed E-state index contributed by atoms with van der Waals surface area (Å²) in [5.41, 5.74) is 5.24. The number of carbonyl (C=O) groups is 2. The first kappa shape index (κ1) is 17.0. The normalized spacial score (nSPS) is 10.0. The number of hydrazine groups is 1. The minimum Gasteiger partial charge on any atom is -0.494 e. The molecule has 0 saturated carbocycles. The summed E-state index contributed by atoms with van der Waals surface area (Å²) in [5.74, 6) is 0.219. The highest BCUT2D eigenvalue weighted by atomic mass is 16.5. The van der Waals surface area contributed by atoms with Crippen molar-refractivity contribution in [3.05, 3.63) is 29.8 Å². The van der Waals surface area contributed by atoms with Crippen LogP contribution in [0.4, 0.5) is 0 Å². The van der Waals surface area contributed by atoms with Crippen molar-refractivity contribution in [2.24, 2.45) is 0 Å². The molecule has 1 aromatic rings. The van der Waals surface area contributed by atoms with Gasteiger partial charge in [-0.15, -0.1) is 0 Å². The summed E-state index contributed by atoms with van der Waals surface area (Å²) in [6.07, 6.45) is 4.48. The van der Waals surface area contributed by atoms with Gasteiger partial charge < -0.3 is 4.74 Å². The van der Waals surface area contributed by atoms with Gasteiger partial charge in [-0.1, -0.05) is 26.7 Å². The van der Waals surface area contributed by atoms with Crippen LogP contribution >= 0.6 is 0 Å². The Morgan fingerprint density at radius 2 is 1.71 bits per heavy atom. The molecule has 0 atom stereocenters. The summed E-state index contributed by atoms with van der Waals surface area (Å²) < 4.78 is 5.57. The molecule has 1 aromatic carbocycles. The first-order valence-electron chi connectivity index (χ1n) is 7.49. The van der Waals surface area contributed by atoms with Crippen molar-refractivity contribution in [1.29, 1.82) is 0 Å². The van der Waals surface area contributed by atoms with Crippen LogP contribution in [-0.4, -0.2) is 18.4 Å². The highest BCUT2D eigenvalue weighted by Crippen LogP contribution is 2.12. The van der Waals surface area contributed by atoms with E-state index in [4.69, 9.17) is 4.74 Å². The second-order valence-corrected chi connectivity index (χ2v) is 4.83. The molecule has 0 bridgehead atoms. The van der Waals surface area contributed by atoms with Crippen LogP contribution in [0.25, 0.3) is 0 Å². The third kappa shape index (κ3) is 6.79. The van der Waals surface area contributed by atoms with Crippen molar-refractivity contribution in [2.45, 2.75) is 46.0 Å². The lowest BCUT2D eigenvalue weighted by Gasteiger charge is -2.08. The smallest absolute Gasteiger partial charge is 0.269 e. The molecule has 21 heavy (non-hydrogen) atoms. The molecule has 5 heteroatoms. The summed E-state index contributed by atoms with van der Waals surface area (Å²) in [4.78, 5) is 23.1. The molecule has 0 aliphatic carbocycles. The zero-order valence-electron chi connectivity index (χ0n) is 12.8. The molecule has 0 fully saturated rings. The van der Waals surface area contributed by atoms with Gasteiger partial charge in [0.1, 0.15) is 5.75 Å². The number of rotatable bonds is 8. The van der Waals surface area contributed by atoms with E-state index in [9.17, 15) is 9.59 Å². The Balaban J connectivity index is 2.38. The van der Waals surface area contributed by atoms with Gasteiger partial charge in [0.2, 0.25) is 5.91 Å². The first-order chi connectivity index (χ1) is 10.2. The summed E-state index contributed by atoms with van der Waals surface area (Å²) in [7, 11) is 0. The molecule has 2 N–H and O–H groups in total. The Morgan fingerprint density at radius 1 is 1.00 bits per heavy atom. The maximum Gasteiger partial charge on any atom is 0.269 e. The fraction of sp³-hybridized carbons (Fsp3) is 0.500. The van der Waals surface area contributed by atoms with E-state index in [2.05, 4.69) is 17.8 Å². The van der Waals surface area contributed by atoms with Crippen LogP contribution in [0.1, 0.15) is 56.3 Å². The van der Waals surface area contributed by atoms with Crippen LogP contribution < -0.4 is 15.6 Å². The van der Waals surface area contributed by atoms with Gasteiger partial charge in [0, 0.05) is 12.0 Å². The highest BCUT2D eigenvalue weighted by Gasteiger charge is 2.07. The molecule has 0 aliphatic rings. The molecule has 0 unspecified atom stereocenters. The predicted molar refractivity (Wildman–Crippen MR) is 82.0 cm³/mol. The topological polar surface area (TPSA) is 67.4 Å². The molecule has 0 heterocycles. The molecule has 5 nitrogen and oxygen atoms in total. The van der Waals surface area contributed by atoms with Gasteiger partial charge in [0.25, 0.3) is 5.91 Å². The number of nitrogens with one attached hydrogen (secondary N) is 2. The maximum absolute atomic E-state index is 11.8. The lowest BCUT2D eigenvalue weighted by Crippen LogP contribution is -2.41. The SMILES string of the molecule is CCCCCOc1ccc(C(=O)NNC(=O)CCC)cc1. The highest BCUT2D eigenvalue weighted by molar-refractivity contribution is 5.95. The number of hydrogen-bond donors (Lipinski definition) is 2. The third-order valence-corrected chi connectivity index (χ3v) is 2.93. The molecule has 0 radical (unpaired) electrons. The van der Waals surface area contributed by atoms with Crippen molar-refractivity contribution >= 4 is 11.8 Å². The number of hydrogen-bond acceptors (Lipinski definition) is 3. The second-order valence-electron chi connectivity index (χ2n) is 4.83. The average Bonchev–Trinajstić information content (AvgIpc) is 2.50. The van der Waals surface area contributed by atoms with E-state index in [1.54, 1.807) is 24.3 Å². The Morgan fingerprint density at radius 3 is 2.33 bits per heavy atom. The Labute approximate surface area is 126 Å². The van der Waals surface area contributed by atoms with Crippen molar-refractivity contribution in [3.8, 4) is 5.75 Å².